The van der Waals surface area contributed by atoms with Gasteiger partial charge in [0.1, 0.15) is 0 Å². The number of anilines is 2. The number of nitrogens with zero attached hydrogens (tertiary/aromatic N) is 1. The number of nitrogens with one attached hydrogen (secondary N) is 1. The predicted molar refractivity (Wildman–Crippen MR) is 93.9 cm³/mol. The van der Waals surface area contributed by atoms with Gasteiger partial charge in [-0.1, -0.05) is 23.2 Å². The van der Waals surface area contributed by atoms with E-state index in [0.717, 1.165) is 32.0 Å². The Morgan fingerprint density at radius 1 is 1.04 bits per heavy atom. The number of rotatable bonds is 3. The number of morpholine rings is 1. The topological polar surface area (TPSA) is 41.6 Å². The summed E-state index contributed by atoms with van der Waals surface area (Å²) in [5.74, 6) is -0.220. The van der Waals surface area contributed by atoms with Gasteiger partial charge in [0.25, 0.3) is 5.91 Å². The number of halogens is 2. The van der Waals surface area contributed by atoms with Crippen molar-refractivity contribution in [1.29, 1.82) is 0 Å². The molecular formula is C17H16Cl2N2O2. The Balaban J connectivity index is 1.71. The molecule has 0 spiro atoms. The molecule has 1 N–H and O–H groups in total. The van der Waals surface area contributed by atoms with Gasteiger partial charge in [-0.3, -0.25) is 4.79 Å². The Bertz CT molecular complexity index is 698. The summed E-state index contributed by atoms with van der Waals surface area (Å²) in [6.45, 7) is 3.19. The first kappa shape index (κ1) is 16.1. The van der Waals surface area contributed by atoms with Gasteiger partial charge in [-0.15, -0.1) is 0 Å². The summed E-state index contributed by atoms with van der Waals surface area (Å²) in [4.78, 5) is 14.6. The van der Waals surface area contributed by atoms with E-state index in [1.807, 2.05) is 12.1 Å². The highest BCUT2D eigenvalue weighted by atomic mass is 35.5. The highest BCUT2D eigenvalue weighted by molar-refractivity contribution is 6.35. The maximum absolute atomic E-state index is 12.3. The molecule has 0 atom stereocenters. The molecule has 1 heterocycles. The summed E-state index contributed by atoms with van der Waals surface area (Å²) in [5, 5.41) is 3.75. The molecule has 23 heavy (non-hydrogen) atoms. The maximum atomic E-state index is 12.3. The van der Waals surface area contributed by atoms with Crippen molar-refractivity contribution in [2.45, 2.75) is 0 Å². The molecule has 0 radical (unpaired) electrons. The molecule has 2 aromatic rings. The summed E-state index contributed by atoms with van der Waals surface area (Å²) in [6.07, 6.45) is 0. The van der Waals surface area contributed by atoms with Crippen LogP contribution in [0.4, 0.5) is 11.4 Å². The SMILES string of the molecule is O=C(Nc1cc(Cl)ccc1Cl)c1ccc(N2CCOCC2)cc1. The van der Waals surface area contributed by atoms with Gasteiger partial charge in [-0.2, -0.15) is 0 Å². The van der Waals surface area contributed by atoms with Crippen molar-refractivity contribution in [2.75, 3.05) is 36.5 Å². The van der Waals surface area contributed by atoms with Crippen molar-refractivity contribution in [2.24, 2.45) is 0 Å². The van der Waals surface area contributed by atoms with E-state index in [1.165, 1.54) is 0 Å². The fraction of sp³-hybridized carbons (Fsp3) is 0.235. The molecule has 0 saturated carbocycles. The molecule has 120 valence electrons. The van der Waals surface area contributed by atoms with Crippen molar-refractivity contribution >= 4 is 40.5 Å². The second-order valence-corrected chi connectivity index (χ2v) is 6.07. The van der Waals surface area contributed by atoms with Crippen LogP contribution in [0.5, 0.6) is 0 Å². The van der Waals surface area contributed by atoms with Crippen LogP contribution in [0.1, 0.15) is 10.4 Å². The summed E-state index contributed by atoms with van der Waals surface area (Å²) in [5.41, 5.74) is 2.16. The van der Waals surface area contributed by atoms with E-state index < -0.39 is 0 Å². The highest BCUT2D eigenvalue weighted by Crippen LogP contribution is 2.26. The number of benzene rings is 2. The molecule has 0 bridgehead atoms. The average molecular weight is 351 g/mol. The number of carbonyl (C=O) groups is 1. The largest absolute Gasteiger partial charge is 0.378 e. The van der Waals surface area contributed by atoms with E-state index in [0.29, 0.717) is 21.3 Å². The zero-order valence-corrected chi connectivity index (χ0v) is 13.9. The van der Waals surface area contributed by atoms with Crippen LogP contribution in [0.2, 0.25) is 10.0 Å². The Morgan fingerprint density at radius 3 is 2.43 bits per heavy atom. The number of carbonyl (C=O) groups excluding carboxylic acids is 1. The van der Waals surface area contributed by atoms with Crippen molar-refractivity contribution in [3.8, 4) is 0 Å². The molecular weight excluding hydrogens is 335 g/mol. The Hall–Kier alpha value is -1.75. The van der Waals surface area contributed by atoms with Gasteiger partial charge >= 0.3 is 0 Å². The molecule has 1 fully saturated rings. The second-order valence-electron chi connectivity index (χ2n) is 5.22. The lowest BCUT2D eigenvalue weighted by Crippen LogP contribution is -2.36. The van der Waals surface area contributed by atoms with E-state index in [9.17, 15) is 4.79 Å². The van der Waals surface area contributed by atoms with Crippen LogP contribution in [-0.4, -0.2) is 32.2 Å². The van der Waals surface area contributed by atoms with Gasteiger partial charge in [0.05, 0.1) is 23.9 Å². The van der Waals surface area contributed by atoms with Gasteiger partial charge in [-0.25, -0.2) is 0 Å². The zero-order valence-electron chi connectivity index (χ0n) is 12.4. The fourth-order valence-electron chi connectivity index (χ4n) is 2.43. The van der Waals surface area contributed by atoms with Gasteiger partial charge in [0, 0.05) is 29.4 Å². The summed E-state index contributed by atoms with van der Waals surface area (Å²) in [6, 6.07) is 12.5. The predicted octanol–water partition coefficient (Wildman–Crippen LogP) is 4.08. The lowest BCUT2D eigenvalue weighted by atomic mass is 10.1. The van der Waals surface area contributed by atoms with E-state index in [-0.39, 0.29) is 5.91 Å². The number of amides is 1. The van der Waals surface area contributed by atoms with Crippen LogP contribution in [0.3, 0.4) is 0 Å². The number of ether oxygens (including phenoxy) is 1. The molecule has 1 saturated heterocycles. The van der Waals surface area contributed by atoms with Crippen molar-refractivity contribution in [3.63, 3.8) is 0 Å². The van der Waals surface area contributed by atoms with Crippen molar-refractivity contribution in [1.82, 2.24) is 0 Å². The zero-order chi connectivity index (χ0) is 16.2. The molecule has 6 heteroatoms. The van der Waals surface area contributed by atoms with E-state index in [1.54, 1.807) is 30.3 Å². The summed E-state index contributed by atoms with van der Waals surface area (Å²) < 4.78 is 5.34. The van der Waals surface area contributed by atoms with Crippen molar-refractivity contribution in [3.05, 3.63) is 58.1 Å². The quantitative estimate of drug-likeness (QED) is 0.906. The molecule has 2 aromatic carbocycles. The first-order chi connectivity index (χ1) is 11.1. The maximum Gasteiger partial charge on any atom is 0.255 e. The minimum atomic E-state index is -0.220. The Labute approximate surface area is 144 Å². The Kier molecular flexibility index (Phi) is 5.06. The minimum Gasteiger partial charge on any atom is -0.378 e. The lowest BCUT2D eigenvalue weighted by molar-refractivity contribution is 0.102. The second kappa shape index (κ2) is 7.21. The number of hydrogen-bond acceptors (Lipinski definition) is 3. The van der Waals surface area contributed by atoms with Gasteiger partial charge < -0.3 is 15.0 Å². The molecule has 4 nitrogen and oxygen atoms in total. The highest BCUT2D eigenvalue weighted by Gasteiger charge is 2.13. The standard InChI is InChI=1S/C17H16Cl2N2O2/c18-13-3-6-15(19)16(11-13)20-17(22)12-1-4-14(5-2-12)21-7-9-23-10-8-21/h1-6,11H,7-10H2,(H,20,22). The smallest absolute Gasteiger partial charge is 0.255 e. The van der Waals surface area contributed by atoms with E-state index >= 15 is 0 Å². The van der Waals surface area contributed by atoms with Crippen LogP contribution in [0, 0.1) is 0 Å². The fourth-order valence-corrected chi connectivity index (χ4v) is 2.77. The van der Waals surface area contributed by atoms with Crippen molar-refractivity contribution < 1.29 is 9.53 Å². The van der Waals surface area contributed by atoms with Gasteiger partial charge in [0.15, 0.2) is 0 Å². The first-order valence-electron chi connectivity index (χ1n) is 7.32. The summed E-state index contributed by atoms with van der Waals surface area (Å²) in [7, 11) is 0. The monoisotopic (exact) mass is 350 g/mol. The van der Waals surface area contributed by atoms with Crippen LogP contribution in [0.15, 0.2) is 42.5 Å². The average Bonchev–Trinajstić information content (AvgIpc) is 2.59. The third-order valence-corrected chi connectivity index (χ3v) is 4.25. The lowest BCUT2D eigenvalue weighted by Gasteiger charge is -2.28. The van der Waals surface area contributed by atoms with Gasteiger partial charge in [0.2, 0.25) is 0 Å². The van der Waals surface area contributed by atoms with Crippen LogP contribution >= 0.6 is 23.2 Å². The van der Waals surface area contributed by atoms with E-state index in [2.05, 4.69) is 10.2 Å². The Morgan fingerprint density at radius 2 is 1.74 bits per heavy atom. The molecule has 1 amide bonds. The summed E-state index contributed by atoms with van der Waals surface area (Å²) >= 11 is 12.0. The molecule has 1 aliphatic heterocycles. The van der Waals surface area contributed by atoms with Crippen LogP contribution in [-0.2, 0) is 4.74 Å². The molecule has 0 unspecified atom stereocenters. The normalized spacial score (nSPS) is 14.6. The molecule has 3 rings (SSSR count). The van der Waals surface area contributed by atoms with Crippen LogP contribution in [0.25, 0.3) is 0 Å². The molecule has 1 aliphatic rings. The number of hydrogen-bond donors (Lipinski definition) is 1. The third kappa shape index (κ3) is 3.96. The minimum absolute atomic E-state index is 0.220. The van der Waals surface area contributed by atoms with Crippen LogP contribution < -0.4 is 10.2 Å². The molecule has 0 aliphatic carbocycles. The molecule has 0 aromatic heterocycles. The first-order valence-corrected chi connectivity index (χ1v) is 8.08. The van der Waals surface area contributed by atoms with E-state index in [4.69, 9.17) is 27.9 Å². The van der Waals surface area contributed by atoms with Gasteiger partial charge in [-0.05, 0) is 42.5 Å². The third-order valence-electron chi connectivity index (χ3n) is 3.68.